The van der Waals surface area contributed by atoms with Crippen molar-refractivity contribution < 1.29 is 14.0 Å². The fourth-order valence-electron chi connectivity index (χ4n) is 4.36. The minimum atomic E-state index is -0.579. The Morgan fingerprint density at radius 1 is 1.09 bits per heavy atom. The average molecular weight is 440 g/mol. The number of hydrogen-bond acceptors (Lipinski definition) is 5. The number of aromatic nitrogens is 1. The molecule has 170 valence electrons. The van der Waals surface area contributed by atoms with E-state index in [0.29, 0.717) is 38.3 Å². The largest absolute Gasteiger partial charge is 0.353 e. The molecule has 3 heterocycles. The highest BCUT2D eigenvalue weighted by Crippen LogP contribution is 2.18. The highest BCUT2D eigenvalue weighted by atomic mass is 19.1. The summed E-state index contributed by atoms with van der Waals surface area (Å²) in [6.07, 6.45) is 1.92. The summed E-state index contributed by atoms with van der Waals surface area (Å²) in [5, 5.41) is 2.85. The predicted octanol–water partition coefficient (Wildman–Crippen LogP) is 1.56. The highest BCUT2D eigenvalue weighted by molar-refractivity contribution is 5.88. The quantitative estimate of drug-likeness (QED) is 0.740. The Labute approximate surface area is 188 Å². The third kappa shape index (κ3) is 5.31. The van der Waals surface area contributed by atoms with Crippen molar-refractivity contribution in [2.24, 2.45) is 0 Å². The summed E-state index contributed by atoms with van der Waals surface area (Å²) >= 11 is 0. The molecule has 0 radical (unpaired) electrons. The number of nitrogens with zero attached hydrogens (tertiary/aromatic N) is 4. The normalized spacial score (nSPS) is 20.2. The summed E-state index contributed by atoms with van der Waals surface area (Å²) in [5.74, 6) is -0.479. The topological polar surface area (TPSA) is 68.8 Å². The summed E-state index contributed by atoms with van der Waals surface area (Å²) < 4.78 is 14.1. The predicted molar refractivity (Wildman–Crippen MR) is 119 cm³/mol. The van der Waals surface area contributed by atoms with Crippen LogP contribution in [0.1, 0.15) is 23.2 Å². The zero-order valence-corrected chi connectivity index (χ0v) is 18.5. The van der Waals surface area contributed by atoms with Crippen molar-refractivity contribution in [3.05, 3.63) is 65.2 Å². The van der Waals surface area contributed by atoms with Crippen LogP contribution >= 0.6 is 0 Å². The molecule has 1 atom stereocenters. The Morgan fingerprint density at radius 3 is 2.62 bits per heavy atom. The van der Waals surface area contributed by atoms with Crippen molar-refractivity contribution in [2.75, 3.05) is 39.3 Å². The molecule has 8 heteroatoms. The molecule has 2 saturated heterocycles. The second-order valence-corrected chi connectivity index (χ2v) is 8.50. The first-order chi connectivity index (χ1) is 15.5. The van der Waals surface area contributed by atoms with Gasteiger partial charge in [0.1, 0.15) is 5.82 Å². The van der Waals surface area contributed by atoms with E-state index in [9.17, 15) is 14.0 Å². The maximum Gasteiger partial charge on any atom is 0.237 e. The summed E-state index contributed by atoms with van der Waals surface area (Å²) in [5.41, 5.74) is 2.78. The van der Waals surface area contributed by atoms with E-state index in [1.54, 1.807) is 18.2 Å². The van der Waals surface area contributed by atoms with Gasteiger partial charge in [-0.1, -0.05) is 24.3 Å². The van der Waals surface area contributed by atoms with Crippen molar-refractivity contribution in [2.45, 2.75) is 32.5 Å². The van der Waals surface area contributed by atoms with E-state index in [-0.39, 0.29) is 24.1 Å². The first-order valence-corrected chi connectivity index (χ1v) is 11.2. The molecule has 2 fully saturated rings. The van der Waals surface area contributed by atoms with Gasteiger partial charge < -0.3 is 10.2 Å². The van der Waals surface area contributed by atoms with Crippen molar-refractivity contribution in [1.82, 2.24) is 25.0 Å². The number of hydrogen-bond donors (Lipinski definition) is 1. The molecule has 0 saturated carbocycles. The van der Waals surface area contributed by atoms with Crippen LogP contribution in [0.5, 0.6) is 0 Å². The highest BCUT2D eigenvalue weighted by Gasteiger charge is 2.34. The van der Waals surface area contributed by atoms with Gasteiger partial charge in [0.2, 0.25) is 11.8 Å². The minimum absolute atomic E-state index is 0.0285. The number of nitrogens with one attached hydrogen (secondary N) is 1. The zero-order chi connectivity index (χ0) is 22.5. The van der Waals surface area contributed by atoms with E-state index in [0.717, 1.165) is 25.3 Å². The number of piperazine rings is 2. The lowest BCUT2D eigenvalue weighted by atomic mass is 10.1. The first kappa shape index (κ1) is 22.4. The summed E-state index contributed by atoms with van der Waals surface area (Å²) in [7, 11) is 0. The smallest absolute Gasteiger partial charge is 0.237 e. The lowest BCUT2D eigenvalue weighted by molar-refractivity contribution is -0.140. The van der Waals surface area contributed by atoms with E-state index in [2.05, 4.69) is 28.2 Å². The Bertz CT molecular complexity index is 961. The summed E-state index contributed by atoms with van der Waals surface area (Å²) in [6.45, 7) is 7.06. The number of carbonyl (C=O) groups excluding carboxylic acids is 2. The maximum absolute atomic E-state index is 14.1. The van der Waals surface area contributed by atoms with E-state index in [4.69, 9.17) is 0 Å². The van der Waals surface area contributed by atoms with Gasteiger partial charge in [0.25, 0.3) is 0 Å². The van der Waals surface area contributed by atoms with E-state index < -0.39 is 6.04 Å². The second-order valence-electron chi connectivity index (χ2n) is 8.50. The van der Waals surface area contributed by atoms with Gasteiger partial charge in [-0.25, -0.2) is 4.39 Å². The molecular weight excluding hydrogens is 409 g/mol. The Morgan fingerprint density at radius 2 is 1.88 bits per heavy atom. The second kappa shape index (κ2) is 10.2. The van der Waals surface area contributed by atoms with Crippen molar-refractivity contribution in [3.8, 4) is 0 Å². The maximum atomic E-state index is 14.1. The van der Waals surface area contributed by atoms with Crippen LogP contribution in [0, 0.1) is 12.7 Å². The van der Waals surface area contributed by atoms with Crippen molar-refractivity contribution in [1.29, 1.82) is 0 Å². The molecule has 2 aliphatic heterocycles. The standard InChI is InChI=1S/C24H30FN5O2/c1-18-5-4-8-26-21(18)17-28-11-13-29(14-12-28)23(31)15-22-24(32)27-9-10-30(22)16-19-6-2-3-7-20(19)25/h2-8,22H,9-17H2,1H3,(H,27,32). The Balaban J connectivity index is 1.33. The molecule has 2 aliphatic rings. The molecule has 1 unspecified atom stereocenters. The molecular formula is C24H30FN5O2. The Hall–Kier alpha value is -2.84. The van der Waals surface area contributed by atoms with Gasteiger partial charge in [-0.05, 0) is 24.6 Å². The zero-order valence-electron chi connectivity index (χ0n) is 18.5. The first-order valence-electron chi connectivity index (χ1n) is 11.2. The van der Waals surface area contributed by atoms with Gasteiger partial charge in [0.15, 0.2) is 0 Å². The number of pyridine rings is 1. The summed E-state index contributed by atoms with van der Waals surface area (Å²) in [4.78, 5) is 36.1. The van der Waals surface area contributed by atoms with Gasteiger partial charge in [-0.3, -0.25) is 24.4 Å². The van der Waals surface area contributed by atoms with Gasteiger partial charge >= 0.3 is 0 Å². The fourth-order valence-corrected chi connectivity index (χ4v) is 4.36. The Kier molecular flexibility index (Phi) is 7.12. The molecule has 2 amide bonds. The van der Waals surface area contributed by atoms with Gasteiger partial charge in [0, 0.05) is 64.1 Å². The lowest BCUT2D eigenvalue weighted by Gasteiger charge is -2.38. The molecule has 0 bridgehead atoms. The number of aryl methyl sites for hydroxylation is 1. The van der Waals surface area contributed by atoms with Crippen LogP contribution in [0.4, 0.5) is 4.39 Å². The molecule has 32 heavy (non-hydrogen) atoms. The van der Waals surface area contributed by atoms with Crippen LogP contribution in [-0.2, 0) is 22.7 Å². The summed E-state index contributed by atoms with van der Waals surface area (Å²) in [6, 6.07) is 10.0. The van der Waals surface area contributed by atoms with Gasteiger partial charge in [0.05, 0.1) is 18.2 Å². The third-order valence-electron chi connectivity index (χ3n) is 6.36. The van der Waals surface area contributed by atoms with Crippen LogP contribution in [0.3, 0.4) is 0 Å². The molecule has 0 spiro atoms. The number of benzene rings is 1. The van der Waals surface area contributed by atoms with Crippen LogP contribution in [0.25, 0.3) is 0 Å². The molecule has 0 aliphatic carbocycles. The van der Waals surface area contributed by atoms with E-state index in [1.807, 2.05) is 22.1 Å². The van der Waals surface area contributed by atoms with E-state index in [1.165, 1.54) is 11.6 Å². The van der Waals surface area contributed by atoms with Crippen LogP contribution in [-0.4, -0.2) is 76.8 Å². The number of amides is 2. The number of halogens is 1. The van der Waals surface area contributed by atoms with Crippen LogP contribution in [0.15, 0.2) is 42.6 Å². The minimum Gasteiger partial charge on any atom is -0.353 e. The van der Waals surface area contributed by atoms with Crippen LogP contribution in [0.2, 0.25) is 0 Å². The fraction of sp³-hybridized carbons (Fsp3) is 0.458. The molecule has 1 N–H and O–H groups in total. The third-order valence-corrected chi connectivity index (χ3v) is 6.36. The molecule has 7 nitrogen and oxygen atoms in total. The monoisotopic (exact) mass is 439 g/mol. The SMILES string of the molecule is Cc1cccnc1CN1CCN(C(=O)CC2C(=O)NCCN2Cc2ccccc2F)CC1. The van der Waals surface area contributed by atoms with Crippen LogP contribution < -0.4 is 5.32 Å². The number of carbonyl (C=O) groups is 2. The van der Waals surface area contributed by atoms with Crippen molar-refractivity contribution in [3.63, 3.8) is 0 Å². The number of rotatable bonds is 6. The molecule has 1 aromatic carbocycles. The molecule has 2 aromatic rings. The lowest BCUT2D eigenvalue weighted by Crippen LogP contribution is -2.57. The molecule has 1 aromatic heterocycles. The average Bonchev–Trinajstić information content (AvgIpc) is 2.79. The van der Waals surface area contributed by atoms with E-state index >= 15 is 0 Å². The van der Waals surface area contributed by atoms with Gasteiger partial charge in [-0.2, -0.15) is 0 Å². The van der Waals surface area contributed by atoms with Gasteiger partial charge in [-0.15, -0.1) is 0 Å². The van der Waals surface area contributed by atoms with Crippen molar-refractivity contribution >= 4 is 11.8 Å². The molecule has 4 rings (SSSR count).